The number of aliphatic imine (C=N–C) groups is 1. The van der Waals surface area contributed by atoms with Crippen molar-refractivity contribution in [3.63, 3.8) is 0 Å². The summed E-state index contributed by atoms with van der Waals surface area (Å²) >= 11 is 0. The van der Waals surface area contributed by atoms with E-state index in [-0.39, 0.29) is 90.0 Å². The molecule has 4 aliphatic heterocycles. The van der Waals surface area contributed by atoms with Gasteiger partial charge in [0.15, 0.2) is 5.96 Å². The molecule has 4 saturated heterocycles. The Labute approximate surface area is 385 Å². The summed E-state index contributed by atoms with van der Waals surface area (Å²) in [6.07, 6.45) is -1.58. The van der Waals surface area contributed by atoms with Crippen LogP contribution in [0.25, 0.3) is 0 Å². The van der Waals surface area contributed by atoms with Crippen LogP contribution in [0.2, 0.25) is 0 Å². The minimum absolute atomic E-state index is 0.0398. The van der Waals surface area contributed by atoms with Crippen molar-refractivity contribution in [1.29, 1.82) is 0 Å². The lowest BCUT2D eigenvalue weighted by molar-refractivity contribution is -0.165. The lowest BCUT2D eigenvalue weighted by Gasteiger charge is -2.49. The Kier molecular flexibility index (Phi) is 19.1. The van der Waals surface area contributed by atoms with Crippen molar-refractivity contribution in [2.24, 2.45) is 27.9 Å². The van der Waals surface area contributed by atoms with Gasteiger partial charge < -0.3 is 84.2 Å². The standard InChI is InChI=1S/C40H65N13O14/c1-19(55)29(42)37(64)51-15-5-8-25(51)33(60)46-21(6-3-13-45-40(43)44)31(58)49-30(20(2)56)38(65)53-17-12-27(53)36(63)52-16-11-26(52)35(62)50-14-4-7-24(50)34(61)48-23(18-54)32(59)47-22(39(66)67)9-10-28(41)57/h19-27,29-30,54-56H,3-18,42H2,1-2H3,(H2,41,57)(H,46,60)(H,47,59)(H,48,61)(H,49,58)(H,66,67)(H4,43,44,45)/t19-,20-,21+,22+,23+,24+,25+,26?,27?,29+,30+/m1/s1. The Morgan fingerprint density at radius 1 is 0.627 bits per heavy atom. The highest BCUT2D eigenvalue weighted by Crippen LogP contribution is 2.30. The molecule has 27 heteroatoms. The van der Waals surface area contributed by atoms with E-state index in [1.807, 2.05) is 0 Å². The summed E-state index contributed by atoms with van der Waals surface area (Å²) in [6.45, 7) is 2.24. The number of nitrogens with zero attached hydrogens (tertiary/aromatic N) is 5. The molecule has 0 bridgehead atoms. The number of carboxylic acids is 1. The van der Waals surface area contributed by atoms with Gasteiger partial charge in [-0.05, 0) is 71.6 Å². The van der Waals surface area contributed by atoms with Crippen LogP contribution in [-0.4, -0.2) is 211 Å². The second-order valence-corrected chi connectivity index (χ2v) is 17.2. The van der Waals surface area contributed by atoms with Gasteiger partial charge in [-0.15, -0.1) is 0 Å². The van der Waals surface area contributed by atoms with Gasteiger partial charge in [0.2, 0.25) is 53.2 Å². The number of primary amides is 1. The molecule has 4 heterocycles. The highest BCUT2D eigenvalue weighted by atomic mass is 16.4. The number of carbonyl (C=O) groups excluding carboxylic acids is 9. The average Bonchev–Trinajstić information content (AvgIpc) is 3.94. The molecule has 0 saturated carbocycles. The van der Waals surface area contributed by atoms with E-state index in [4.69, 9.17) is 22.9 Å². The van der Waals surface area contributed by atoms with Crippen LogP contribution in [0.15, 0.2) is 4.99 Å². The molecular formula is C40H65N13O14. The molecule has 0 aliphatic carbocycles. The van der Waals surface area contributed by atoms with Gasteiger partial charge in [0.05, 0.1) is 18.8 Å². The number of carboxylic acid groups (broad SMARTS) is 1. The molecule has 0 radical (unpaired) electrons. The minimum Gasteiger partial charge on any atom is -0.480 e. The molecule has 0 spiro atoms. The first kappa shape index (κ1) is 53.4. The number of hydrogen-bond acceptors (Lipinski definition) is 15. The number of guanidine groups is 1. The largest absolute Gasteiger partial charge is 0.480 e. The maximum Gasteiger partial charge on any atom is 0.326 e. The number of nitrogens with two attached hydrogens (primary N) is 4. The van der Waals surface area contributed by atoms with Crippen LogP contribution < -0.4 is 44.2 Å². The minimum atomic E-state index is -1.61. The fraction of sp³-hybridized carbons (Fsp3) is 0.725. The first-order valence-corrected chi connectivity index (χ1v) is 22.3. The number of aliphatic hydroxyl groups is 3. The number of carbonyl (C=O) groups is 10. The van der Waals surface area contributed by atoms with Gasteiger partial charge in [-0.25, -0.2) is 4.79 Å². The van der Waals surface area contributed by atoms with E-state index in [1.54, 1.807) is 0 Å². The zero-order valence-corrected chi connectivity index (χ0v) is 37.6. The van der Waals surface area contributed by atoms with Crippen molar-refractivity contribution in [2.45, 2.75) is 145 Å². The van der Waals surface area contributed by atoms with Crippen LogP contribution in [0, 0.1) is 0 Å². The van der Waals surface area contributed by atoms with Crippen LogP contribution >= 0.6 is 0 Å². The highest BCUT2D eigenvalue weighted by molar-refractivity contribution is 5.99. The SMILES string of the molecule is C[C@@H](O)[C@H](N)C(=O)N1CCC[C@H]1C(=O)N[C@@H](CCCN=C(N)N)C(=O)N[C@H](C(=O)N1CCC1C(=O)N1CCC1C(=O)N1CCC[C@H]1C(=O)N[C@@H](CO)C(=O)N[C@@H](CCC(N)=O)C(=O)O)[C@@H](C)O. The third kappa shape index (κ3) is 13.5. The molecule has 4 fully saturated rings. The fourth-order valence-electron chi connectivity index (χ4n) is 8.34. The van der Waals surface area contributed by atoms with Crippen LogP contribution in [0.1, 0.15) is 78.1 Å². The molecule has 16 N–H and O–H groups in total. The van der Waals surface area contributed by atoms with E-state index in [1.165, 1.54) is 28.5 Å². The maximum atomic E-state index is 14.0. The molecule has 374 valence electrons. The summed E-state index contributed by atoms with van der Waals surface area (Å²) in [6, 6.07) is -11.6. The quantitative estimate of drug-likeness (QED) is 0.0257. The predicted molar refractivity (Wildman–Crippen MR) is 232 cm³/mol. The zero-order valence-electron chi connectivity index (χ0n) is 37.6. The predicted octanol–water partition coefficient (Wildman–Crippen LogP) is -7.41. The zero-order chi connectivity index (χ0) is 49.9. The monoisotopic (exact) mass is 951 g/mol. The summed E-state index contributed by atoms with van der Waals surface area (Å²) in [5, 5.41) is 49.6. The van der Waals surface area contributed by atoms with E-state index < -0.39 is 132 Å². The van der Waals surface area contributed by atoms with Crippen molar-refractivity contribution in [2.75, 3.05) is 39.3 Å². The molecule has 2 unspecified atom stereocenters. The van der Waals surface area contributed by atoms with Crippen LogP contribution in [0.4, 0.5) is 0 Å². The Hall–Kier alpha value is -6.19. The smallest absolute Gasteiger partial charge is 0.326 e. The van der Waals surface area contributed by atoms with Crippen molar-refractivity contribution >= 4 is 65.1 Å². The first-order chi connectivity index (χ1) is 31.6. The van der Waals surface area contributed by atoms with E-state index in [0.29, 0.717) is 12.8 Å². The van der Waals surface area contributed by atoms with E-state index >= 15 is 0 Å². The average molecular weight is 952 g/mol. The molecule has 0 aromatic carbocycles. The number of aliphatic hydroxyl groups excluding tert-OH is 3. The van der Waals surface area contributed by atoms with Crippen LogP contribution in [0.3, 0.4) is 0 Å². The normalized spacial score (nSPS) is 23.1. The molecule has 67 heavy (non-hydrogen) atoms. The Bertz CT molecular complexity index is 1910. The van der Waals surface area contributed by atoms with Gasteiger partial charge in [-0.2, -0.15) is 0 Å². The van der Waals surface area contributed by atoms with E-state index in [0.717, 1.165) is 4.90 Å². The van der Waals surface area contributed by atoms with Crippen LogP contribution in [0.5, 0.6) is 0 Å². The summed E-state index contributed by atoms with van der Waals surface area (Å²) in [5.41, 5.74) is 21.8. The van der Waals surface area contributed by atoms with Gasteiger partial charge in [-0.1, -0.05) is 0 Å². The topological polar surface area (TPSA) is 429 Å². The second kappa shape index (κ2) is 24.0. The molecule has 11 atom stereocenters. The molecule has 4 rings (SSSR count). The summed E-state index contributed by atoms with van der Waals surface area (Å²) in [7, 11) is 0. The van der Waals surface area contributed by atoms with Gasteiger partial charge in [0.25, 0.3) is 0 Å². The molecule has 0 aromatic heterocycles. The van der Waals surface area contributed by atoms with Gasteiger partial charge >= 0.3 is 5.97 Å². The van der Waals surface area contributed by atoms with Gasteiger partial charge in [0.1, 0.15) is 54.4 Å². The third-order valence-electron chi connectivity index (χ3n) is 12.4. The Balaban J connectivity index is 1.40. The molecule has 9 amide bonds. The highest BCUT2D eigenvalue weighted by Gasteiger charge is 2.50. The first-order valence-electron chi connectivity index (χ1n) is 22.3. The Morgan fingerprint density at radius 2 is 1.13 bits per heavy atom. The summed E-state index contributed by atoms with van der Waals surface area (Å²) in [5.74, 6) is -8.54. The third-order valence-corrected chi connectivity index (χ3v) is 12.4. The van der Waals surface area contributed by atoms with Crippen molar-refractivity contribution in [3.8, 4) is 0 Å². The van der Waals surface area contributed by atoms with Crippen LogP contribution in [-0.2, 0) is 47.9 Å². The molecule has 27 nitrogen and oxygen atoms in total. The number of hydrogen-bond donors (Lipinski definition) is 12. The molecule has 0 aromatic rings. The fourth-order valence-corrected chi connectivity index (χ4v) is 8.34. The number of aliphatic carboxylic acids is 1. The van der Waals surface area contributed by atoms with E-state index in [9.17, 15) is 68.4 Å². The summed E-state index contributed by atoms with van der Waals surface area (Å²) < 4.78 is 0. The second-order valence-electron chi connectivity index (χ2n) is 17.2. The maximum absolute atomic E-state index is 14.0. The number of rotatable bonds is 23. The molecular weight excluding hydrogens is 887 g/mol. The van der Waals surface area contributed by atoms with Crippen molar-refractivity contribution < 1.29 is 68.4 Å². The van der Waals surface area contributed by atoms with Gasteiger partial charge in [-0.3, -0.25) is 48.1 Å². The Morgan fingerprint density at radius 3 is 1.63 bits per heavy atom. The van der Waals surface area contributed by atoms with Gasteiger partial charge in [0, 0.05) is 39.1 Å². The summed E-state index contributed by atoms with van der Waals surface area (Å²) in [4.78, 5) is 140. The number of nitrogens with one attached hydrogen (secondary N) is 4. The van der Waals surface area contributed by atoms with E-state index in [2.05, 4.69) is 26.3 Å². The van der Waals surface area contributed by atoms with Crippen molar-refractivity contribution in [3.05, 3.63) is 0 Å². The van der Waals surface area contributed by atoms with Crippen molar-refractivity contribution in [1.82, 2.24) is 40.9 Å². The lowest BCUT2D eigenvalue weighted by atomic mass is 9.93. The number of likely N-dealkylation sites (tertiary alicyclic amines) is 4. The number of amides is 9. The lowest BCUT2D eigenvalue weighted by Crippen LogP contribution is -2.69. The molecule has 4 aliphatic rings.